The molecule has 1 fully saturated rings. The average molecular weight is 229 g/mol. The average Bonchev–Trinajstić information content (AvgIpc) is 2.17. The molecule has 0 saturated carbocycles. The van der Waals surface area contributed by atoms with Gasteiger partial charge in [0.2, 0.25) is 5.91 Å². The Hall–Kier alpha value is -0.650. The lowest BCUT2D eigenvalue weighted by Gasteiger charge is -2.40. The molecule has 1 aliphatic heterocycles. The van der Waals surface area contributed by atoms with Gasteiger partial charge in [0.25, 0.3) is 0 Å². The first-order valence-electron chi connectivity index (χ1n) is 5.81. The fourth-order valence-electron chi connectivity index (χ4n) is 1.81. The molecular formula is C11H23N3O2. The molecule has 2 unspecified atom stereocenters. The third-order valence-corrected chi connectivity index (χ3v) is 3.45. The highest BCUT2D eigenvalue weighted by Crippen LogP contribution is 2.19. The molecule has 0 aromatic heterocycles. The van der Waals surface area contributed by atoms with Gasteiger partial charge in [-0.25, -0.2) is 0 Å². The number of aliphatic hydroxyl groups is 1. The second kappa shape index (κ2) is 5.12. The normalized spacial score (nSPS) is 26.7. The van der Waals surface area contributed by atoms with Crippen LogP contribution in [0.5, 0.6) is 0 Å². The van der Waals surface area contributed by atoms with E-state index in [9.17, 15) is 9.90 Å². The summed E-state index contributed by atoms with van der Waals surface area (Å²) in [4.78, 5) is 13.3. The number of rotatable bonds is 4. The van der Waals surface area contributed by atoms with E-state index in [1.807, 2.05) is 18.7 Å². The summed E-state index contributed by atoms with van der Waals surface area (Å²) in [6.07, 6.45) is 0. The van der Waals surface area contributed by atoms with Crippen LogP contribution in [0.3, 0.4) is 0 Å². The second-order valence-electron chi connectivity index (χ2n) is 5.10. The number of β-amino-alcohol motifs (C(OH)–C–C–N with tert-alkyl or cyclic N) is 1. The molecule has 0 aromatic carbocycles. The number of primary amides is 1. The molecule has 0 aromatic rings. The summed E-state index contributed by atoms with van der Waals surface area (Å²) < 4.78 is 0. The lowest BCUT2D eigenvalue weighted by Crippen LogP contribution is -2.60. The van der Waals surface area contributed by atoms with E-state index in [4.69, 9.17) is 5.73 Å². The highest BCUT2D eigenvalue weighted by atomic mass is 16.3. The van der Waals surface area contributed by atoms with Crippen molar-refractivity contribution in [1.82, 2.24) is 10.2 Å². The maximum atomic E-state index is 11.3. The maximum Gasteiger partial charge on any atom is 0.236 e. The van der Waals surface area contributed by atoms with Crippen LogP contribution in [0.4, 0.5) is 0 Å². The number of hydrogen-bond donors (Lipinski definition) is 3. The van der Waals surface area contributed by atoms with Crippen LogP contribution >= 0.6 is 0 Å². The fourth-order valence-corrected chi connectivity index (χ4v) is 1.81. The maximum absolute atomic E-state index is 11.3. The largest absolute Gasteiger partial charge is 0.389 e. The third-order valence-electron chi connectivity index (χ3n) is 3.45. The molecule has 5 heteroatoms. The van der Waals surface area contributed by atoms with Gasteiger partial charge in [-0.1, -0.05) is 13.8 Å². The summed E-state index contributed by atoms with van der Waals surface area (Å²) in [5, 5.41) is 13.4. The first-order chi connectivity index (χ1) is 7.34. The minimum absolute atomic E-state index is 0.149. The zero-order valence-corrected chi connectivity index (χ0v) is 10.4. The number of nitrogens with one attached hydrogen (secondary N) is 1. The molecule has 2 atom stereocenters. The van der Waals surface area contributed by atoms with Gasteiger partial charge >= 0.3 is 0 Å². The molecular weight excluding hydrogens is 206 g/mol. The standard InChI is InChI=1S/C11H23N3O2/c1-8(2)11(3,16)7-14-5-4-13-6-9(14)10(12)15/h8-9,13,16H,4-7H2,1-3H3,(H2,12,15). The molecule has 1 rings (SSSR count). The first-order valence-corrected chi connectivity index (χ1v) is 5.81. The fraction of sp³-hybridized carbons (Fsp3) is 0.909. The summed E-state index contributed by atoms with van der Waals surface area (Å²) in [6, 6.07) is -0.307. The van der Waals surface area contributed by atoms with Gasteiger partial charge in [0.15, 0.2) is 0 Å². The number of nitrogens with two attached hydrogens (primary N) is 1. The van der Waals surface area contributed by atoms with Crippen LogP contribution in [0.1, 0.15) is 20.8 Å². The van der Waals surface area contributed by atoms with E-state index in [1.165, 1.54) is 0 Å². The van der Waals surface area contributed by atoms with Gasteiger partial charge in [-0.2, -0.15) is 0 Å². The van der Waals surface area contributed by atoms with E-state index in [2.05, 4.69) is 5.32 Å². The van der Waals surface area contributed by atoms with E-state index in [-0.39, 0.29) is 17.9 Å². The molecule has 1 amide bonds. The number of carbonyl (C=O) groups excluding carboxylic acids is 1. The van der Waals surface area contributed by atoms with Crippen LogP contribution < -0.4 is 11.1 Å². The number of hydrogen-bond acceptors (Lipinski definition) is 4. The van der Waals surface area contributed by atoms with Gasteiger partial charge in [0.1, 0.15) is 6.04 Å². The molecule has 1 saturated heterocycles. The van der Waals surface area contributed by atoms with Crippen LogP contribution in [0, 0.1) is 5.92 Å². The van der Waals surface area contributed by atoms with Gasteiger partial charge in [0, 0.05) is 26.2 Å². The van der Waals surface area contributed by atoms with Crippen molar-refractivity contribution in [3.05, 3.63) is 0 Å². The van der Waals surface area contributed by atoms with E-state index >= 15 is 0 Å². The lowest BCUT2D eigenvalue weighted by atomic mass is 9.91. The molecule has 0 aliphatic carbocycles. The van der Waals surface area contributed by atoms with Crippen LogP contribution in [0.15, 0.2) is 0 Å². The lowest BCUT2D eigenvalue weighted by molar-refractivity contribution is -0.125. The van der Waals surface area contributed by atoms with Crippen LogP contribution in [-0.4, -0.2) is 53.7 Å². The SMILES string of the molecule is CC(C)C(C)(O)CN1CCNCC1C(N)=O. The van der Waals surface area contributed by atoms with Gasteiger partial charge in [-0.3, -0.25) is 9.69 Å². The zero-order valence-electron chi connectivity index (χ0n) is 10.4. The van der Waals surface area contributed by atoms with Crippen molar-refractivity contribution >= 4 is 5.91 Å². The highest BCUT2D eigenvalue weighted by molar-refractivity contribution is 5.80. The molecule has 16 heavy (non-hydrogen) atoms. The zero-order chi connectivity index (χ0) is 12.3. The molecule has 4 N–H and O–H groups in total. The molecule has 0 bridgehead atoms. The van der Waals surface area contributed by atoms with Gasteiger partial charge < -0.3 is 16.2 Å². The Bertz CT molecular complexity index is 254. The van der Waals surface area contributed by atoms with E-state index in [0.717, 1.165) is 13.1 Å². The summed E-state index contributed by atoms with van der Waals surface area (Å²) in [6.45, 7) is 8.39. The van der Waals surface area contributed by atoms with Crippen LogP contribution in [0.2, 0.25) is 0 Å². The van der Waals surface area contributed by atoms with Crippen molar-refractivity contribution in [3.63, 3.8) is 0 Å². The quantitative estimate of drug-likeness (QED) is 0.587. The predicted molar refractivity (Wildman–Crippen MR) is 62.9 cm³/mol. The number of amides is 1. The van der Waals surface area contributed by atoms with Crippen molar-refractivity contribution in [3.8, 4) is 0 Å². The minimum atomic E-state index is -0.787. The number of piperazine rings is 1. The molecule has 0 radical (unpaired) electrons. The van der Waals surface area contributed by atoms with E-state index in [0.29, 0.717) is 13.1 Å². The highest BCUT2D eigenvalue weighted by Gasteiger charge is 2.34. The smallest absolute Gasteiger partial charge is 0.236 e. The Labute approximate surface area is 97.0 Å². The Morgan fingerprint density at radius 3 is 2.81 bits per heavy atom. The Kier molecular flexibility index (Phi) is 4.29. The summed E-state index contributed by atoms with van der Waals surface area (Å²) in [7, 11) is 0. The second-order valence-corrected chi connectivity index (χ2v) is 5.10. The van der Waals surface area contributed by atoms with E-state index < -0.39 is 5.60 Å². The molecule has 1 aliphatic rings. The molecule has 1 heterocycles. The Morgan fingerprint density at radius 2 is 2.31 bits per heavy atom. The topological polar surface area (TPSA) is 78.6 Å². The number of nitrogens with zero attached hydrogens (tertiary/aromatic N) is 1. The van der Waals surface area contributed by atoms with Crippen LogP contribution in [-0.2, 0) is 4.79 Å². The molecule has 5 nitrogen and oxygen atoms in total. The van der Waals surface area contributed by atoms with Crippen molar-refractivity contribution < 1.29 is 9.90 Å². The van der Waals surface area contributed by atoms with Crippen molar-refractivity contribution in [2.24, 2.45) is 11.7 Å². The molecule has 0 spiro atoms. The molecule has 94 valence electrons. The minimum Gasteiger partial charge on any atom is -0.389 e. The van der Waals surface area contributed by atoms with Crippen molar-refractivity contribution in [2.45, 2.75) is 32.4 Å². The summed E-state index contributed by atoms with van der Waals surface area (Å²) in [5.41, 5.74) is 4.56. The van der Waals surface area contributed by atoms with E-state index in [1.54, 1.807) is 6.92 Å². The Balaban J connectivity index is 2.66. The number of carbonyl (C=O) groups is 1. The van der Waals surface area contributed by atoms with Crippen LogP contribution in [0.25, 0.3) is 0 Å². The monoisotopic (exact) mass is 229 g/mol. The van der Waals surface area contributed by atoms with Gasteiger partial charge in [-0.15, -0.1) is 0 Å². The van der Waals surface area contributed by atoms with Gasteiger partial charge in [0.05, 0.1) is 5.60 Å². The van der Waals surface area contributed by atoms with Crippen molar-refractivity contribution in [2.75, 3.05) is 26.2 Å². The third kappa shape index (κ3) is 3.17. The summed E-state index contributed by atoms with van der Waals surface area (Å²) in [5.74, 6) is -0.178. The Morgan fingerprint density at radius 1 is 1.69 bits per heavy atom. The first kappa shape index (κ1) is 13.4. The van der Waals surface area contributed by atoms with Gasteiger partial charge in [-0.05, 0) is 12.8 Å². The van der Waals surface area contributed by atoms with Crippen molar-refractivity contribution in [1.29, 1.82) is 0 Å². The predicted octanol–water partition coefficient (Wildman–Crippen LogP) is -0.847. The summed E-state index contributed by atoms with van der Waals surface area (Å²) >= 11 is 0.